The molecular weight excluding hydrogens is 556 g/mol. The van der Waals surface area contributed by atoms with Crippen LogP contribution in [0.4, 0.5) is 18.0 Å². The standard InChI is InChI=1S/C23H25Cl2F3N4O4S/c1-2-37(35,36)20-4-3-15(24)7-14(20)10-30-21(33)13-8-18(23(26,27)28)17(19(25)9-13)12-32-6-5-16(11-32)31-22(29)34/h3-4,7-9,16H,2,5-6,10-12H2,1H3,(H,30,33)(H3,29,31,34). The Hall–Kier alpha value is -2.54. The summed E-state index contributed by atoms with van der Waals surface area (Å²) in [6.45, 7) is 1.75. The molecule has 0 saturated carbocycles. The number of alkyl halides is 3. The quantitative estimate of drug-likeness (QED) is 0.436. The number of halogens is 5. The van der Waals surface area contributed by atoms with E-state index in [1.807, 2.05) is 0 Å². The van der Waals surface area contributed by atoms with Crippen LogP contribution in [0.25, 0.3) is 0 Å². The van der Waals surface area contributed by atoms with Gasteiger partial charge in [-0.05, 0) is 47.9 Å². The van der Waals surface area contributed by atoms with Gasteiger partial charge in [0.2, 0.25) is 0 Å². The molecule has 2 aromatic rings. The van der Waals surface area contributed by atoms with Crippen LogP contribution in [-0.4, -0.2) is 50.1 Å². The number of amides is 3. The molecular formula is C23H25Cl2F3N4O4S. The van der Waals surface area contributed by atoms with Gasteiger partial charge in [-0.2, -0.15) is 13.2 Å². The molecule has 202 valence electrons. The molecule has 2 aromatic carbocycles. The van der Waals surface area contributed by atoms with Gasteiger partial charge < -0.3 is 16.4 Å². The molecule has 0 radical (unpaired) electrons. The molecule has 0 aromatic heterocycles. The maximum atomic E-state index is 13.9. The highest BCUT2D eigenvalue weighted by Gasteiger charge is 2.36. The molecule has 1 fully saturated rings. The highest BCUT2D eigenvalue weighted by Crippen LogP contribution is 2.37. The molecule has 4 N–H and O–H groups in total. The molecule has 37 heavy (non-hydrogen) atoms. The SMILES string of the molecule is CCS(=O)(=O)c1ccc(Cl)cc1CNC(=O)c1cc(Cl)c(CN2CCC(NC(N)=O)C2)c(C(F)(F)F)c1. The second-order valence-corrected chi connectivity index (χ2v) is 11.6. The van der Waals surface area contributed by atoms with Crippen molar-refractivity contribution >= 4 is 45.0 Å². The maximum Gasteiger partial charge on any atom is 0.416 e. The van der Waals surface area contributed by atoms with E-state index in [1.54, 1.807) is 4.90 Å². The van der Waals surface area contributed by atoms with Crippen LogP contribution >= 0.6 is 23.2 Å². The third-order valence-corrected chi connectivity index (χ3v) is 8.34. The Labute approximate surface area is 222 Å². The number of hydrogen-bond donors (Lipinski definition) is 3. The van der Waals surface area contributed by atoms with Crippen molar-refractivity contribution in [3.63, 3.8) is 0 Å². The summed E-state index contributed by atoms with van der Waals surface area (Å²) >= 11 is 12.2. The lowest BCUT2D eigenvalue weighted by molar-refractivity contribution is -0.138. The molecule has 3 amide bonds. The Balaban J connectivity index is 1.84. The minimum Gasteiger partial charge on any atom is -0.352 e. The van der Waals surface area contributed by atoms with Gasteiger partial charge in [0.1, 0.15) is 0 Å². The zero-order chi connectivity index (χ0) is 27.5. The first-order valence-electron chi connectivity index (χ1n) is 11.2. The number of rotatable bonds is 8. The molecule has 0 aliphatic carbocycles. The van der Waals surface area contributed by atoms with Gasteiger partial charge >= 0.3 is 12.2 Å². The van der Waals surface area contributed by atoms with Gasteiger partial charge in [-0.3, -0.25) is 9.69 Å². The van der Waals surface area contributed by atoms with E-state index in [0.29, 0.717) is 25.6 Å². The Morgan fingerprint density at radius 3 is 2.51 bits per heavy atom. The molecule has 1 aliphatic rings. The van der Waals surface area contributed by atoms with E-state index in [0.717, 1.165) is 6.07 Å². The molecule has 0 spiro atoms. The number of primary amides is 1. The van der Waals surface area contributed by atoms with Crippen molar-refractivity contribution in [1.82, 2.24) is 15.5 Å². The fourth-order valence-electron chi connectivity index (χ4n) is 4.12. The first kappa shape index (κ1) is 29.0. The van der Waals surface area contributed by atoms with Gasteiger partial charge in [0.05, 0.1) is 16.2 Å². The Morgan fingerprint density at radius 1 is 1.19 bits per heavy atom. The van der Waals surface area contributed by atoms with Crippen molar-refractivity contribution in [1.29, 1.82) is 0 Å². The lowest BCUT2D eigenvalue weighted by atomic mass is 10.0. The smallest absolute Gasteiger partial charge is 0.352 e. The van der Waals surface area contributed by atoms with Crippen molar-refractivity contribution in [3.05, 3.63) is 62.6 Å². The lowest BCUT2D eigenvalue weighted by Gasteiger charge is -2.21. The zero-order valence-corrected chi connectivity index (χ0v) is 22.0. The summed E-state index contributed by atoms with van der Waals surface area (Å²) in [5.74, 6) is -1.05. The Bertz CT molecular complexity index is 1310. The Kier molecular flexibility index (Phi) is 8.99. The zero-order valence-electron chi connectivity index (χ0n) is 19.7. The van der Waals surface area contributed by atoms with Crippen molar-refractivity contribution in [2.24, 2.45) is 5.73 Å². The van der Waals surface area contributed by atoms with Crippen LogP contribution < -0.4 is 16.4 Å². The number of carbonyl (C=O) groups is 2. The number of carbonyl (C=O) groups excluding carboxylic acids is 2. The number of likely N-dealkylation sites (tertiary alicyclic amines) is 1. The van der Waals surface area contributed by atoms with E-state index in [4.69, 9.17) is 28.9 Å². The van der Waals surface area contributed by atoms with Crippen molar-refractivity contribution in [2.75, 3.05) is 18.8 Å². The van der Waals surface area contributed by atoms with Crippen LogP contribution in [0.1, 0.15) is 40.4 Å². The minimum atomic E-state index is -4.80. The average Bonchev–Trinajstić information content (AvgIpc) is 3.23. The van der Waals surface area contributed by atoms with E-state index in [9.17, 15) is 31.2 Å². The van der Waals surface area contributed by atoms with Crippen molar-refractivity contribution in [2.45, 2.75) is 43.5 Å². The van der Waals surface area contributed by atoms with Gasteiger partial charge in [0, 0.05) is 47.8 Å². The van der Waals surface area contributed by atoms with E-state index < -0.39 is 33.5 Å². The van der Waals surface area contributed by atoms with Gasteiger partial charge in [-0.25, -0.2) is 13.2 Å². The predicted octanol–water partition coefficient (Wildman–Crippen LogP) is 3.98. The summed E-state index contributed by atoms with van der Waals surface area (Å²) in [4.78, 5) is 25.5. The van der Waals surface area contributed by atoms with Crippen LogP contribution in [0.15, 0.2) is 35.2 Å². The van der Waals surface area contributed by atoms with Gasteiger partial charge in [-0.1, -0.05) is 30.1 Å². The number of urea groups is 1. The molecule has 1 heterocycles. The number of nitrogens with zero attached hydrogens (tertiary/aromatic N) is 1. The second-order valence-electron chi connectivity index (χ2n) is 8.55. The third kappa shape index (κ3) is 7.28. The van der Waals surface area contributed by atoms with Crippen molar-refractivity contribution in [3.8, 4) is 0 Å². The third-order valence-electron chi connectivity index (χ3n) is 5.94. The Morgan fingerprint density at radius 2 is 1.89 bits per heavy atom. The number of nitrogens with two attached hydrogens (primary N) is 1. The molecule has 1 aliphatic heterocycles. The number of benzene rings is 2. The van der Waals surface area contributed by atoms with Gasteiger partial charge in [0.25, 0.3) is 5.91 Å². The van der Waals surface area contributed by atoms with E-state index >= 15 is 0 Å². The lowest BCUT2D eigenvalue weighted by Crippen LogP contribution is -2.40. The minimum absolute atomic E-state index is 0.0289. The summed E-state index contributed by atoms with van der Waals surface area (Å²) in [5, 5.41) is 4.97. The topological polar surface area (TPSA) is 122 Å². The molecule has 8 nitrogen and oxygen atoms in total. The van der Waals surface area contributed by atoms with Gasteiger partial charge in [0.15, 0.2) is 9.84 Å². The first-order valence-corrected chi connectivity index (χ1v) is 13.6. The summed E-state index contributed by atoms with van der Waals surface area (Å²) in [5.41, 5.74) is 3.72. The molecule has 1 atom stereocenters. The fourth-order valence-corrected chi connectivity index (χ4v) is 5.71. The van der Waals surface area contributed by atoms with E-state index in [2.05, 4.69) is 10.6 Å². The van der Waals surface area contributed by atoms with Gasteiger partial charge in [-0.15, -0.1) is 0 Å². The van der Waals surface area contributed by atoms with E-state index in [-0.39, 0.29) is 56.5 Å². The number of sulfone groups is 1. The first-order chi connectivity index (χ1) is 17.2. The maximum absolute atomic E-state index is 13.9. The fraction of sp³-hybridized carbons (Fsp3) is 0.391. The molecule has 14 heteroatoms. The molecule has 1 saturated heterocycles. The summed E-state index contributed by atoms with van der Waals surface area (Å²) in [6, 6.07) is 4.94. The molecule has 1 unspecified atom stereocenters. The van der Waals surface area contributed by atoms with Crippen LogP contribution in [0.5, 0.6) is 0 Å². The predicted molar refractivity (Wildman–Crippen MR) is 133 cm³/mol. The monoisotopic (exact) mass is 580 g/mol. The second kappa shape index (κ2) is 11.5. The molecule has 0 bridgehead atoms. The normalized spacial score (nSPS) is 16.5. The van der Waals surface area contributed by atoms with Crippen LogP contribution in [0.2, 0.25) is 10.0 Å². The molecule has 3 rings (SSSR count). The largest absolute Gasteiger partial charge is 0.416 e. The average molecular weight is 581 g/mol. The number of hydrogen-bond acceptors (Lipinski definition) is 5. The van der Waals surface area contributed by atoms with Crippen LogP contribution in [-0.2, 0) is 29.1 Å². The number of nitrogens with one attached hydrogen (secondary N) is 2. The van der Waals surface area contributed by atoms with Crippen LogP contribution in [0, 0.1) is 0 Å². The summed E-state index contributed by atoms with van der Waals surface area (Å²) < 4.78 is 66.6. The highest BCUT2D eigenvalue weighted by molar-refractivity contribution is 7.91. The highest BCUT2D eigenvalue weighted by atomic mass is 35.5. The van der Waals surface area contributed by atoms with E-state index in [1.165, 1.54) is 25.1 Å². The summed E-state index contributed by atoms with van der Waals surface area (Å²) in [7, 11) is -3.63. The van der Waals surface area contributed by atoms with Crippen molar-refractivity contribution < 1.29 is 31.2 Å². The summed E-state index contributed by atoms with van der Waals surface area (Å²) in [6.07, 6.45) is -4.28. The van der Waals surface area contributed by atoms with Crippen LogP contribution in [0.3, 0.4) is 0 Å².